The van der Waals surface area contributed by atoms with Crippen LogP contribution in [-0.2, 0) is 14.8 Å². The highest BCUT2D eigenvalue weighted by molar-refractivity contribution is 7.90. The van der Waals surface area contributed by atoms with Gasteiger partial charge < -0.3 is 10.4 Å². The molecule has 0 aromatic heterocycles. The standard InChI is InChI=1S/C18H22N2O6S/c1-3-20-16(22)12-8-7-11(10-14(12)27(20,25)26)15(21)19-18(2)9-5-4-6-13(18)17(23)24/h7-8,10,13H,3-6,9H2,1-2H3,(H,19,21)(H,23,24). The number of sulfonamides is 1. The van der Waals surface area contributed by atoms with E-state index in [0.717, 1.165) is 17.1 Å². The molecule has 3 rings (SSSR count). The first-order valence-corrected chi connectivity index (χ1v) is 10.3. The molecule has 146 valence electrons. The van der Waals surface area contributed by atoms with E-state index < -0.39 is 39.3 Å². The van der Waals surface area contributed by atoms with Crippen LogP contribution < -0.4 is 5.32 Å². The predicted molar refractivity (Wildman–Crippen MR) is 95.8 cm³/mol. The molecule has 1 aliphatic heterocycles. The average molecular weight is 394 g/mol. The maximum absolute atomic E-state index is 12.7. The summed E-state index contributed by atoms with van der Waals surface area (Å²) in [6.45, 7) is 3.27. The summed E-state index contributed by atoms with van der Waals surface area (Å²) < 4.78 is 25.7. The largest absolute Gasteiger partial charge is 0.481 e. The number of rotatable bonds is 4. The zero-order chi connectivity index (χ0) is 20.0. The first-order chi connectivity index (χ1) is 12.6. The lowest BCUT2D eigenvalue weighted by Gasteiger charge is -2.39. The lowest BCUT2D eigenvalue weighted by Crippen LogP contribution is -2.55. The van der Waals surface area contributed by atoms with Gasteiger partial charge >= 0.3 is 5.97 Å². The van der Waals surface area contributed by atoms with Crippen molar-refractivity contribution in [3.63, 3.8) is 0 Å². The molecule has 1 saturated carbocycles. The van der Waals surface area contributed by atoms with Gasteiger partial charge in [0.25, 0.3) is 21.8 Å². The highest BCUT2D eigenvalue weighted by Crippen LogP contribution is 2.35. The van der Waals surface area contributed by atoms with E-state index in [2.05, 4.69) is 5.32 Å². The smallest absolute Gasteiger partial charge is 0.308 e. The Bertz CT molecular complexity index is 926. The predicted octanol–water partition coefficient (Wildman–Crippen LogP) is 1.61. The Kier molecular flexibility index (Phi) is 4.75. The van der Waals surface area contributed by atoms with Gasteiger partial charge in [0, 0.05) is 12.1 Å². The Morgan fingerprint density at radius 1 is 1.33 bits per heavy atom. The monoisotopic (exact) mass is 394 g/mol. The molecule has 1 heterocycles. The quantitative estimate of drug-likeness (QED) is 0.800. The summed E-state index contributed by atoms with van der Waals surface area (Å²) in [4.78, 5) is 36.3. The van der Waals surface area contributed by atoms with Crippen LogP contribution in [-0.4, -0.2) is 47.7 Å². The van der Waals surface area contributed by atoms with Crippen LogP contribution in [0.15, 0.2) is 23.1 Å². The van der Waals surface area contributed by atoms with Crippen LogP contribution >= 0.6 is 0 Å². The fourth-order valence-corrected chi connectivity index (χ4v) is 5.54. The Morgan fingerprint density at radius 2 is 2.04 bits per heavy atom. The van der Waals surface area contributed by atoms with Crippen LogP contribution in [0.2, 0.25) is 0 Å². The van der Waals surface area contributed by atoms with Crippen molar-refractivity contribution in [2.75, 3.05) is 6.54 Å². The molecule has 1 aromatic carbocycles. The van der Waals surface area contributed by atoms with Crippen molar-refractivity contribution in [2.24, 2.45) is 5.92 Å². The molecule has 2 N–H and O–H groups in total. The van der Waals surface area contributed by atoms with Crippen LogP contribution in [0.5, 0.6) is 0 Å². The molecule has 1 aromatic rings. The molecular weight excluding hydrogens is 372 g/mol. The molecule has 2 unspecified atom stereocenters. The van der Waals surface area contributed by atoms with Crippen molar-refractivity contribution in [3.8, 4) is 0 Å². The van der Waals surface area contributed by atoms with Gasteiger partial charge in [-0.25, -0.2) is 12.7 Å². The van der Waals surface area contributed by atoms with Gasteiger partial charge in [0.05, 0.1) is 17.0 Å². The fourth-order valence-electron chi connectivity index (χ4n) is 3.94. The summed E-state index contributed by atoms with van der Waals surface area (Å²) >= 11 is 0. The van der Waals surface area contributed by atoms with E-state index in [1.54, 1.807) is 13.8 Å². The van der Waals surface area contributed by atoms with E-state index in [0.29, 0.717) is 12.8 Å². The number of benzene rings is 1. The first-order valence-electron chi connectivity index (χ1n) is 8.88. The Labute approximate surface area is 157 Å². The van der Waals surface area contributed by atoms with E-state index in [1.807, 2.05) is 0 Å². The van der Waals surface area contributed by atoms with Crippen LogP contribution in [0.1, 0.15) is 60.2 Å². The highest BCUT2D eigenvalue weighted by atomic mass is 32.2. The molecule has 1 aliphatic carbocycles. The number of nitrogens with one attached hydrogen (secondary N) is 1. The lowest BCUT2D eigenvalue weighted by atomic mass is 9.73. The van der Waals surface area contributed by atoms with Crippen LogP contribution in [0, 0.1) is 5.92 Å². The molecule has 2 aliphatic rings. The number of fused-ring (bicyclic) bond motifs is 1. The number of carboxylic acid groups (broad SMARTS) is 1. The van der Waals surface area contributed by atoms with Crippen LogP contribution in [0.25, 0.3) is 0 Å². The number of hydrogen-bond donors (Lipinski definition) is 2. The van der Waals surface area contributed by atoms with E-state index in [9.17, 15) is 27.9 Å². The normalized spacial score (nSPS) is 26.5. The Hall–Kier alpha value is -2.42. The van der Waals surface area contributed by atoms with Gasteiger partial charge in [-0.1, -0.05) is 12.8 Å². The molecule has 1 fully saturated rings. The molecule has 0 spiro atoms. The Morgan fingerprint density at radius 3 is 2.67 bits per heavy atom. The van der Waals surface area contributed by atoms with Gasteiger partial charge in [-0.05, 0) is 44.9 Å². The van der Waals surface area contributed by atoms with E-state index in [4.69, 9.17) is 0 Å². The van der Waals surface area contributed by atoms with E-state index in [-0.39, 0.29) is 22.6 Å². The van der Waals surface area contributed by atoms with Crippen molar-refractivity contribution in [2.45, 2.75) is 50.0 Å². The molecule has 27 heavy (non-hydrogen) atoms. The summed E-state index contributed by atoms with van der Waals surface area (Å²) in [5.74, 6) is -2.82. The third-order valence-corrected chi connectivity index (χ3v) is 7.36. The summed E-state index contributed by atoms with van der Waals surface area (Å²) in [6.07, 6.45) is 2.60. The molecule has 0 bridgehead atoms. The minimum atomic E-state index is -3.96. The SMILES string of the molecule is CCN1C(=O)c2ccc(C(=O)NC3(C)CCCCC3C(=O)O)cc2S1(=O)=O. The fraction of sp³-hybridized carbons (Fsp3) is 0.500. The summed E-state index contributed by atoms with van der Waals surface area (Å²) in [5, 5.41) is 12.2. The number of carbonyl (C=O) groups is 3. The number of nitrogens with zero attached hydrogens (tertiary/aromatic N) is 1. The van der Waals surface area contributed by atoms with Gasteiger partial charge in [0.15, 0.2) is 0 Å². The summed E-state index contributed by atoms with van der Waals surface area (Å²) in [5.41, 5.74) is -0.788. The van der Waals surface area contributed by atoms with Gasteiger partial charge in [0.1, 0.15) is 4.90 Å². The van der Waals surface area contributed by atoms with Crippen LogP contribution in [0.4, 0.5) is 0 Å². The number of hydrogen-bond acceptors (Lipinski definition) is 5. The molecule has 2 amide bonds. The Balaban J connectivity index is 1.92. The average Bonchev–Trinajstić information content (AvgIpc) is 2.80. The number of carboxylic acids is 1. The second kappa shape index (κ2) is 6.63. The van der Waals surface area contributed by atoms with Crippen molar-refractivity contribution < 1.29 is 27.9 Å². The maximum Gasteiger partial charge on any atom is 0.308 e. The van der Waals surface area contributed by atoms with Gasteiger partial charge in [-0.2, -0.15) is 0 Å². The first kappa shape index (κ1) is 19.3. The van der Waals surface area contributed by atoms with Crippen molar-refractivity contribution in [3.05, 3.63) is 29.3 Å². The molecule has 8 nitrogen and oxygen atoms in total. The topological polar surface area (TPSA) is 121 Å². The maximum atomic E-state index is 12.7. The number of amides is 2. The summed E-state index contributed by atoms with van der Waals surface area (Å²) in [7, 11) is -3.96. The van der Waals surface area contributed by atoms with E-state index in [1.165, 1.54) is 18.2 Å². The second-order valence-electron chi connectivity index (χ2n) is 7.19. The van der Waals surface area contributed by atoms with E-state index >= 15 is 0 Å². The van der Waals surface area contributed by atoms with Crippen molar-refractivity contribution >= 4 is 27.8 Å². The lowest BCUT2D eigenvalue weighted by molar-refractivity contribution is -0.145. The number of carbonyl (C=O) groups excluding carboxylic acids is 2. The van der Waals surface area contributed by atoms with Crippen molar-refractivity contribution in [1.82, 2.24) is 9.62 Å². The summed E-state index contributed by atoms with van der Waals surface area (Å²) in [6, 6.07) is 3.91. The highest BCUT2D eigenvalue weighted by Gasteiger charge is 2.43. The molecule has 0 saturated heterocycles. The van der Waals surface area contributed by atoms with Crippen LogP contribution in [0.3, 0.4) is 0 Å². The minimum absolute atomic E-state index is 0.00966. The third-order valence-electron chi connectivity index (χ3n) is 5.46. The number of aliphatic carboxylic acids is 1. The molecular formula is C18H22N2O6S. The van der Waals surface area contributed by atoms with Crippen molar-refractivity contribution in [1.29, 1.82) is 0 Å². The molecule has 9 heteroatoms. The third kappa shape index (κ3) is 3.09. The minimum Gasteiger partial charge on any atom is -0.481 e. The zero-order valence-electron chi connectivity index (χ0n) is 15.2. The van der Waals surface area contributed by atoms with Gasteiger partial charge in [0.2, 0.25) is 0 Å². The molecule has 0 radical (unpaired) electrons. The molecule has 2 atom stereocenters. The van der Waals surface area contributed by atoms with Gasteiger partial charge in [-0.15, -0.1) is 0 Å². The zero-order valence-corrected chi connectivity index (χ0v) is 16.0. The van der Waals surface area contributed by atoms with Gasteiger partial charge in [-0.3, -0.25) is 14.4 Å². The second-order valence-corrected chi connectivity index (χ2v) is 9.02.